The molecule has 2 aromatic carbocycles. The zero-order valence-electron chi connectivity index (χ0n) is 15.6. The second kappa shape index (κ2) is 8.02. The number of anilines is 1. The van der Waals surface area contributed by atoms with Gasteiger partial charge in [0.15, 0.2) is 5.75 Å². The number of ether oxygens (including phenoxy) is 1. The van der Waals surface area contributed by atoms with Crippen LogP contribution in [0.2, 0.25) is 0 Å². The van der Waals surface area contributed by atoms with Gasteiger partial charge in [-0.05, 0) is 42.0 Å². The molecule has 4 rings (SSSR count). The van der Waals surface area contributed by atoms with Gasteiger partial charge in [-0.15, -0.1) is 0 Å². The van der Waals surface area contributed by atoms with Crippen molar-refractivity contribution in [3.63, 3.8) is 0 Å². The Morgan fingerprint density at radius 1 is 1.14 bits per heavy atom. The van der Waals surface area contributed by atoms with Gasteiger partial charge in [0, 0.05) is 30.2 Å². The van der Waals surface area contributed by atoms with E-state index in [0.717, 1.165) is 0 Å². The van der Waals surface area contributed by atoms with Gasteiger partial charge in [-0.2, -0.15) is 0 Å². The molecule has 1 fully saturated rings. The molecule has 0 atom stereocenters. The summed E-state index contributed by atoms with van der Waals surface area (Å²) >= 11 is 0. The molecule has 0 spiro atoms. The lowest BCUT2D eigenvalue weighted by Gasteiger charge is -2.25. The highest BCUT2D eigenvalue weighted by Gasteiger charge is 2.18. The number of hydrogen-bond acceptors (Lipinski definition) is 6. The number of nitrogens with one attached hydrogen (secondary N) is 1. The van der Waals surface area contributed by atoms with Crippen LogP contribution in [0.1, 0.15) is 0 Å². The molecule has 29 heavy (non-hydrogen) atoms. The molecule has 8 heteroatoms. The van der Waals surface area contributed by atoms with E-state index in [-0.39, 0.29) is 35.2 Å². The van der Waals surface area contributed by atoms with Crippen LogP contribution in [0.25, 0.3) is 22.0 Å². The molecule has 1 aliphatic rings. The first kappa shape index (κ1) is 19.1. The molecule has 3 N–H and O–H groups in total. The standard InChI is InChI=1S/C21H20FN3O4/c22-13-1-4-18(26)16(11-13)14-5-6-23-20-15(14)2-3-17(21(20)28)24-19(27)12-25-7-9-29-10-8-25/h1-6,11,26,28H,7-10,12H2,(H,24,27). The quantitative estimate of drug-likeness (QED) is 0.586. The summed E-state index contributed by atoms with van der Waals surface area (Å²) in [4.78, 5) is 18.5. The van der Waals surface area contributed by atoms with Crippen LogP contribution in [-0.2, 0) is 9.53 Å². The average molecular weight is 397 g/mol. The summed E-state index contributed by atoms with van der Waals surface area (Å²) in [5, 5.41) is 24.0. The number of hydrogen-bond donors (Lipinski definition) is 3. The van der Waals surface area contributed by atoms with Crippen molar-refractivity contribution in [2.75, 3.05) is 38.2 Å². The Morgan fingerprint density at radius 3 is 2.72 bits per heavy atom. The molecule has 0 bridgehead atoms. The summed E-state index contributed by atoms with van der Waals surface area (Å²) < 4.78 is 18.9. The van der Waals surface area contributed by atoms with E-state index in [9.17, 15) is 19.4 Å². The largest absolute Gasteiger partial charge is 0.507 e. The van der Waals surface area contributed by atoms with Crippen LogP contribution in [0.3, 0.4) is 0 Å². The monoisotopic (exact) mass is 397 g/mol. The molecule has 1 aliphatic heterocycles. The Balaban J connectivity index is 1.64. The van der Waals surface area contributed by atoms with Gasteiger partial charge in [-0.25, -0.2) is 4.39 Å². The molecule has 2 heterocycles. The van der Waals surface area contributed by atoms with Crippen molar-refractivity contribution in [2.24, 2.45) is 0 Å². The SMILES string of the molecule is O=C(CN1CCOCC1)Nc1ccc2c(-c3cc(F)ccc3O)ccnc2c1O. The van der Waals surface area contributed by atoms with Gasteiger partial charge in [0.2, 0.25) is 5.91 Å². The second-order valence-corrected chi connectivity index (χ2v) is 6.81. The highest BCUT2D eigenvalue weighted by Crippen LogP contribution is 2.39. The Kier molecular flexibility index (Phi) is 5.28. The van der Waals surface area contributed by atoms with Gasteiger partial charge in [-0.3, -0.25) is 14.7 Å². The summed E-state index contributed by atoms with van der Waals surface area (Å²) in [5.41, 5.74) is 1.30. The number of rotatable bonds is 4. The fourth-order valence-corrected chi connectivity index (χ4v) is 3.42. The van der Waals surface area contributed by atoms with E-state index in [1.807, 2.05) is 4.90 Å². The molecule has 150 valence electrons. The van der Waals surface area contributed by atoms with Crippen molar-refractivity contribution in [3.8, 4) is 22.6 Å². The number of fused-ring (bicyclic) bond motifs is 1. The second-order valence-electron chi connectivity index (χ2n) is 6.81. The van der Waals surface area contributed by atoms with Crippen molar-refractivity contribution in [1.29, 1.82) is 0 Å². The maximum absolute atomic E-state index is 13.7. The fourth-order valence-electron chi connectivity index (χ4n) is 3.42. The lowest BCUT2D eigenvalue weighted by atomic mass is 9.99. The number of aromatic hydroxyl groups is 2. The van der Waals surface area contributed by atoms with E-state index in [2.05, 4.69) is 10.3 Å². The lowest BCUT2D eigenvalue weighted by Crippen LogP contribution is -2.41. The number of pyridine rings is 1. The number of phenolic OH excluding ortho intramolecular Hbond substituents is 2. The van der Waals surface area contributed by atoms with Gasteiger partial charge in [-0.1, -0.05) is 0 Å². The minimum atomic E-state index is -0.487. The highest BCUT2D eigenvalue weighted by molar-refractivity contribution is 6.03. The number of amides is 1. The van der Waals surface area contributed by atoms with E-state index in [0.29, 0.717) is 42.8 Å². The molecule has 7 nitrogen and oxygen atoms in total. The third-order valence-corrected chi connectivity index (χ3v) is 4.88. The summed E-state index contributed by atoms with van der Waals surface area (Å²) in [6.07, 6.45) is 1.46. The van der Waals surface area contributed by atoms with Gasteiger partial charge in [0.05, 0.1) is 25.4 Å². The van der Waals surface area contributed by atoms with E-state index in [4.69, 9.17) is 4.74 Å². The van der Waals surface area contributed by atoms with Crippen LogP contribution in [0, 0.1) is 5.82 Å². The van der Waals surface area contributed by atoms with Gasteiger partial charge < -0.3 is 20.3 Å². The minimum Gasteiger partial charge on any atom is -0.507 e. The summed E-state index contributed by atoms with van der Waals surface area (Å²) in [7, 11) is 0. The number of morpholine rings is 1. The number of carbonyl (C=O) groups excluding carboxylic acids is 1. The Bertz CT molecular complexity index is 1070. The molecule has 0 unspecified atom stereocenters. The maximum atomic E-state index is 13.7. The number of aromatic nitrogens is 1. The number of halogens is 1. The fraction of sp³-hybridized carbons (Fsp3) is 0.238. The Labute approximate surface area is 166 Å². The first-order valence-corrected chi connectivity index (χ1v) is 9.22. The topological polar surface area (TPSA) is 94.9 Å². The van der Waals surface area contributed by atoms with Crippen LogP contribution in [0.15, 0.2) is 42.6 Å². The van der Waals surface area contributed by atoms with Crippen LogP contribution in [0.4, 0.5) is 10.1 Å². The van der Waals surface area contributed by atoms with Gasteiger partial charge >= 0.3 is 0 Å². The van der Waals surface area contributed by atoms with E-state index < -0.39 is 5.82 Å². The van der Waals surface area contributed by atoms with Crippen LogP contribution in [-0.4, -0.2) is 58.9 Å². The number of phenols is 2. The molecular formula is C21H20FN3O4. The van der Waals surface area contributed by atoms with Crippen molar-refractivity contribution >= 4 is 22.5 Å². The molecule has 0 saturated carbocycles. The van der Waals surface area contributed by atoms with Crippen molar-refractivity contribution in [1.82, 2.24) is 9.88 Å². The molecule has 1 aromatic heterocycles. The van der Waals surface area contributed by atoms with Crippen molar-refractivity contribution < 1.29 is 24.1 Å². The van der Waals surface area contributed by atoms with E-state index >= 15 is 0 Å². The lowest BCUT2D eigenvalue weighted by molar-refractivity contribution is -0.118. The zero-order chi connectivity index (χ0) is 20.4. The van der Waals surface area contributed by atoms with Gasteiger partial charge in [0.1, 0.15) is 17.1 Å². The third-order valence-electron chi connectivity index (χ3n) is 4.88. The van der Waals surface area contributed by atoms with E-state index in [1.54, 1.807) is 18.2 Å². The van der Waals surface area contributed by atoms with Crippen molar-refractivity contribution in [3.05, 3.63) is 48.4 Å². The molecular weight excluding hydrogens is 377 g/mol. The highest BCUT2D eigenvalue weighted by atomic mass is 19.1. The molecule has 1 amide bonds. The first-order valence-electron chi connectivity index (χ1n) is 9.22. The molecule has 1 saturated heterocycles. The predicted molar refractivity (Wildman–Crippen MR) is 106 cm³/mol. The maximum Gasteiger partial charge on any atom is 0.238 e. The summed E-state index contributed by atoms with van der Waals surface area (Å²) in [5.74, 6) is -1.00. The van der Waals surface area contributed by atoms with Crippen LogP contribution >= 0.6 is 0 Å². The number of nitrogens with zero attached hydrogens (tertiary/aromatic N) is 2. The predicted octanol–water partition coefficient (Wildman–Crippen LogP) is 2.72. The first-order chi connectivity index (χ1) is 14.0. The van der Waals surface area contributed by atoms with Gasteiger partial charge in [0.25, 0.3) is 0 Å². The number of benzene rings is 2. The normalized spacial score (nSPS) is 14.8. The average Bonchev–Trinajstić information content (AvgIpc) is 2.72. The third kappa shape index (κ3) is 3.98. The van der Waals surface area contributed by atoms with Crippen LogP contribution < -0.4 is 5.32 Å². The molecule has 0 radical (unpaired) electrons. The summed E-state index contributed by atoms with van der Waals surface area (Å²) in [6, 6.07) is 8.54. The molecule has 3 aromatic rings. The number of carbonyl (C=O) groups is 1. The Hall–Kier alpha value is -3.23. The minimum absolute atomic E-state index is 0.0821. The molecule has 0 aliphatic carbocycles. The van der Waals surface area contributed by atoms with Crippen LogP contribution in [0.5, 0.6) is 11.5 Å². The zero-order valence-corrected chi connectivity index (χ0v) is 15.6. The smallest absolute Gasteiger partial charge is 0.238 e. The Morgan fingerprint density at radius 2 is 1.93 bits per heavy atom. The summed E-state index contributed by atoms with van der Waals surface area (Å²) in [6.45, 7) is 2.74. The van der Waals surface area contributed by atoms with E-state index in [1.165, 1.54) is 24.4 Å². The van der Waals surface area contributed by atoms with Crippen molar-refractivity contribution in [2.45, 2.75) is 0 Å².